The molecule has 0 aliphatic carbocycles. The summed E-state index contributed by atoms with van der Waals surface area (Å²) in [6.07, 6.45) is 0.566. The standard InChI is InChI=1S/C14H17N3O3/c1-19-11-3-2-4-12(8-11)20-9-13-16-10(5-6-15)7-14(18)17-13/h2-4,7-8H,5-6,9,15H2,1H3,(H,16,17,18). The molecule has 1 aromatic heterocycles. The molecule has 0 radical (unpaired) electrons. The zero-order chi connectivity index (χ0) is 14.4. The second kappa shape index (κ2) is 6.72. The first-order chi connectivity index (χ1) is 9.71. The lowest BCUT2D eigenvalue weighted by atomic mass is 10.3. The lowest BCUT2D eigenvalue weighted by Crippen LogP contribution is -2.16. The van der Waals surface area contributed by atoms with Gasteiger partial charge in [0.1, 0.15) is 23.9 Å². The molecule has 6 nitrogen and oxygen atoms in total. The predicted octanol–water partition coefficient (Wildman–Crippen LogP) is 0.859. The van der Waals surface area contributed by atoms with Crippen LogP contribution in [0.25, 0.3) is 0 Å². The Bertz CT molecular complexity index is 625. The van der Waals surface area contributed by atoms with E-state index in [4.69, 9.17) is 15.2 Å². The molecule has 2 rings (SSSR count). The van der Waals surface area contributed by atoms with E-state index in [1.165, 1.54) is 6.07 Å². The van der Waals surface area contributed by atoms with Crippen molar-refractivity contribution in [1.82, 2.24) is 9.97 Å². The molecule has 0 bridgehead atoms. The zero-order valence-corrected chi connectivity index (χ0v) is 11.3. The number of benzene rings is 1. The summed E-state index contributed by atoms with van der Waals surface area (Å²) in [5.41, 5.74) is 5.93. The number of nitrogens with zero attached hydrogens (tertiary/aromatic N) is 1. The Kier molecular flexibility index (Phi) is 4.73. The van der Waals surface area contributed by atoms with Crippen molar-refractivity contribution >= 4 is 0 Å². The van der Waals surface area contributed by atoms with E-state index in [9.17, 15) is 4.79 Å². The van der Waals surface area contributed by atoms with Gasteiger partial charge in [-0.05, 0) is 18.7 Å². The molecule has 20 heavy (non-hydrogen) atoms. The monoisotopic (exact) mass is 275 g/mol. The van der Waals surface area contributed by atoms with Crippen molar-refractivity contribution in [2.24, 2.45) is 5.73 Å². The third-order valence-electron chi connectivity index (χ3n) is 2.66. The summed E-state index contributed by atoms with van der Waals surface area (Å²) in [5.74, 6) is 1.83. The van der Waals surface area contributed by atoms with Crippen LogP contribution in [0.1, 0.15) is 11.5 Å². The maximum absolute atomic E-state index is 11.5. The summed E-state index contributed by atoms with van der Waals surface area (Å²) < 4.78 is 10.7. The normalized spacial score (nSPS) is 10.3. The second-order valence-corrected chi connectivity index (χ2v) is 4.19. The number of H-pyrrole nitrogens is 1. The second-order valence-electron chi connectivity index (χ2n) is 4.19. The third-order valence-corrected chi connectivity index (χ3v) is 2.66. The molecule has 2 aromatic rings. The molecule has 0 aliphatic heterocycles. The van der Waals surface area contributed by atoms with Gasteiger partial charge in [-0.25, -0.2) is 4.98 Å². The summed E-state index contributed by atoms with van der Waals surface area (Å²) in [7, 11) is 1.59. The van der Waals surface area contributed by atoms with Crippen LogP contribution in [-0.2, 0) is 13.0 Å². The Morgan fingerprint density at radius 3 is 2.85 bits per heavy atom. The third kappa shape index (κ3) is 3.83. The van der Waals surface area contributed by atoms with Gasteiger partial charge < -0.3 is 20.2 Å². The quantitative estimate of drug-likeness (QED) is 0.816. The van der Waals surface area contributed by atoms with E-state index in [2.05, 4.69) is 9.97 Å². The van der Waals surface area contributed by atoms with E-state index < -0.39 is 0 Å². The number of aromatic amines is 1. The fourth-order valence-electron chi connectivity index (χ4n) is 1.75. The minimum absolute atomic E-state index is 0.181. The van der Waals surface area contributed by atoms with Crippen molar-refractivity contribution in [3.8, 4) is 11.5 Å². The summed E-state index contributed by atoms with van der Waals surface area (Å²) in [6, 6.07) is 8.68. The van der Waals surface area contributed by atoms with Crippen LogP contribution in [0.3, 0.4) is 0 Å². The highest BCUT2D eigenvalue weighted by atomic mass is 16.5. The van der Waals surface area contributed by atoms with Crippen molar-refractivity contribution in [3.63, 3.8) is 0 Å². The van der Waals surface area contributed by atoms with E-state index in [0.717, 1.165) is 0 Å². The van der Waals surface area contributed by atoms with Gasteiger partial charge in [0.2, 0.25) is 0 Å². The first kappa shape index (κ1) is 14.1. The highest BCUT2D eigenvalue weighted by molar-refractivity contribution is 5.32. The number of methoxy groups -OCH3 is 1. The number of rotatable bonds is 6. The highest BCUT2D eigenvalue weighted by Gasteiger charge is 2.03. The van der Waals surface area contributed by atoms with E-state index in [1.54, 1.807) is 13.2 Å². The molecule has 0 fully saturated rings. The van der Waals surface area contributed by atoms with E-state index in [1.807, 2.05) is 18.2 Å². The largest absolute Gasteiger partial charge is 0.497 e. The number of hydrogen-bond donors (Lipinski definition) is 2. The Balaban J connectivity index is 2.08. The summed E-state index contributed by atoms with van der Waals surface area (Å²) in [4.78, 5) is 18.4. The molecule has 0 unspecified atom stereocenters. The molecule has 6 heteroatoms. The van der Waals surface area contributed by atoms with Crippen LogP contribution in [0.15, 0.2) is 35.1 Å². The Morgan fingerprint density at radius 1 is 1.30 bits per heavy atom. The minimum atomic E-state index is -0.201. The first-order valence-electron chi connectivity index (χ1n) is 6.27. The lowest BCUT2D eigenvalue weighted by molar-refractivity contribution is 0.292. The van der Waals surface area contributed by atoms with Gasteiger partial charge in [0.15, 0.2) is 0 Å². The summed E-state index contributed by atoms with van der Waals surface area (Å²) in [5, 5.41) is 0. The Hall–Kier alpha value is -2.34. The van der Waals surface area contributed by atoms with Crippen molar-refractivity contribution in [3.05, 3.63) is 52.2 Å². The van der Waals surface area contributed by atoms with Crippen molar-refractivity contribution in [2.75, 3.05) is 13.7 Å². The minimum Gasteiger partial charge on any atom is -0.497 e. The van der Waals surface area contributed by atoms with Crippen LogP contribution in [0.5, 0.6) is 11.5 Å². The van der Waals surface area contributed by atoms with Crippen LogP contribution in [-0.4, -0.2) is 23.6 Å². The highest BCUT2D eigenvalue weighted by Crippen LogP contribution is 2.19. The predicted molar refractivity (Wildman–Crippen MR) is 74.9 cm³/mol. The van der Waals surface area contributed by atoms with Gasteiger partial charge in [0.25, 0.3) is 5.56 Å². The number of hydrogen-bond acceptors (Lipinski definition) is 5. The van der Waals surface area contributed by atoms with E-state index in [-0.39, 0.29) is 12.2 Å². The molecular formula is C14H17N3O3. The Labute approximate surface area is 116 Å². The van der Waals surface area contributed by atoms with Crippen molar-refractivity contribution < 1.29 is 9.47 Å². The molecule has 0 saturated heterocycles. The Morgan fingerprint density at radius 2 is 2.10 bits per heavy atom. The molecule has 1 aromatic carbocycles. The van der Waals surface area contributed by atoms with Crippen molar-refractivity contribution in [2.45, 2.75) is 13.0 Å². The van der Waals surface area contributed by atoms with Crippen LogP contribution >= 0.6 is 0 Å². The fraction of sp³-hybridized carbons (Fsp3) is 0.286. The summed E-state index contributed by atoms with van der Waals surface area (Å²) >= 11 is 0. The molecule has 0 spiro atoms. The SMILES string of the molecule is COc1cccc(OCc2nc(CCN)cc(=O)[nH]2)c1. The number of nitrogens with two attached hydrogens (primary N) is 1. The van der Waals surface area contributed by atoms with Crippen LogP contribution in [0, 0.1) is 0 Å². The lowest BCUT2D eigenvalue weighted by Gasteiger charge is -2.08. The molecule has 1 heterocycles. The topological polar surface area (TPSA) is 90.2 Å². The first-order valence-corrected chi connectivity index (χ1v) is 6.27. The molecule has 0 aliphatic rings. The van der Waals surface area contributed by atoms with Gasteiger partial charge in [-0.15, -0.1) is 0 Å². The van der Waals surface area contributed by atoms with E-state index in [0.29, 0.717) is 36.0 Å². The van der Waals surface area contributed by atoms with Crippen LogP contribution in [0.2, 0.25) is 0 Å². The summed E-state index contributed by atoms with van der Waals surface area (Å²) in [6.45, 7) is 0.632. The van der Waals surface area contributed by atoms with Gasteiger partial charge in [-0.2, -0.15) is 0 Å². The van der Waals surface area contributed by atoms with Gasteiger partial charge >= 0.3 is 0 Å². The maximum atomic E-state index is 11.5. The van der Waals surface area contributed by atoms with Gasteiger partial charge in [-0.1, -0.05) is 6.07 Å². The van der Waals surface area contributed by atoms with Crippen LogP contribution in [0.4, 0.5) is 0 Å². The molecular weight excluding hydrogens is 258 g/mol. The average Bonchev–Trinajstić information content (AvgIpc) is 2.45. The zero-order valence-electron chi connectivity index (χ0n) is 11.3. The number of nitrogens with one attached hydrogen (secondary N) is 1. The molecule has 106 valence electrons. The van der Waals surface area contributed by atoms with Gasteiger partial charge in [0.05, 0.1) is 7.11 Å². The maximum Gasteiger partial charge on any atom is 0.251 e. The molecule has 3 N–H and O–H groups in total. The van der Waals surface area contributed by atoms with Crippen molar-refractivity contribution in [1.29, 1.82) is 0 Å². The molecule has 0 amide bonds. The smallest absolute Gasteiger partial charge is 0.251 e. The van der Waals surface area contributed by atoms with Crippen LogP contribution < -0.4 is 20.8 Å². The van der Waals surface area contributed by atoms with Gasteiger partial charge in [-0.3, -0.25) is 4.79 Å². The molecule has 0 atom stereocenters. The van der Waals surface area contributed by atoms with E-state index >= 15 is 0 Å². The fourth-order valence-corrected chi connectivity index (χ4v) is 1.75. The number of aromatic nitrogens is 2. The van der Waals surface area contributed by atoms with Gasteiger partial charge in [0, 0.05) is 24.2 Å². The average molecular weight is 275 g/mol. The molecule has 0 saturated carbocycles. The number of ether oxygens (including phenoxy) is 2.